The first-order valence-electron chi connectivity index (χ1n) is 9.54. The largest absolute Gasteiger partial charge is 0.481 e. The van der Waals surface area contributed by atoms with Crippen LogP contribution in [0.4, 0.5) is 0 Å². The number of hydrogen-bond acceptors (Lipinski definition) is 4. The first-order chi connectivity index (χ1) is 12.9. The number of carboxylic acids is 1. The highest BCUT2D eigenvalue weighted by atomic mass is 16.4. The van der Waals surface area contributed by atoms with Gasteiger partial charge in [-0.2, -0.15) is 0 Å². The van der Waals surface area contributed by atoms with Gasteiger partial charge < -0.3 is 15.3 Å². The summed E-state index contributed by atoms with van der Waals surface area (Å²) in [6, 6.07) is 3.65. The van der Waals surface area contributed by atoms with E-state index in [1.165, 1.54) is 0 Å². The van der Waals surface area contributed by atoms with Gasteiger partial charge in [-0.1, -0.05) is 26.3 Å². The lowest BCUT2D eigenvalue weighted by Crippen LogP contribution is -2.50. The zero-order chi connectivity index (χ0) is 19.8. The molecule has 2 atom stereocenters. The van der Waals surface area contributed by atoms with E-state index in [0.717, 1.165) is 18.4 Å². The number of carbonyl (C=O) groups is 3. The molecule has 7 nitrogen and oxygen atoms in total. The van der Waals surface area contributed by atoms with Gasteiger partial charge in [0.25, 0.3) is 0 Å². The number of rotatable bonds is 8. The number of likely N-dealkylation sites (tertiary alicyclic amines) is 1. The summed E-state index contributed by atoms with van der Waals surface area (Å²) in [7, 11) is 0. The van der Waals surface area contributed by atoms with Crippen LogP contribution in [0.3, 0.4) is 0 Å². The lowest BCUT2D eigenvalue weighted by molar-refractivity contribution is -0.148. The Kier molecular flexibility index (Phi) is 7.76. The molecule has 1 aliphatic heterocycles. The van der Waals surface area contributed by atoms with Gasteiger partial charge in [-0.3, -0.25) is 19.4 Å². The Morgan fingerprint density at radius 2 is 2.04 bits per heavy atom. The number of aliphatic carboxylic acids is 1. The number of nitrogens with zero attached hydrogens (tertiary/aromatic N) is 2. The fourth-order valence-electron chi connectivity index (χ4n) is 3.33. The monoisotopic (exact) mass is 375 g/mol. The smallest absolute Gasteiger partial charge is 0.308 e. The minimum atomic E-state index is -0.959. The molecule has 1 saturated heterocycles. The summed E-state index contributed by atoms with van der Waals surface area (Å²) in [5.41, 5.74) is 0.873. The number of amides is 2. The molecule has 0 saturated carbocycles. The predicted octanol–water partition coefficient (Wildman–Crippen LogP) is 2.07. The maximum atomic E-state index is 12.5. The summed E-state index contributed by atoms with van der Waals surface area (Å²) >= 11 is 0. The van der Waals surface area contributed by atoms with Crippen molar-refractivity contribution in [2.45, 2.75) is 46.1 Å². The number of carboxylic acid groups (broad SMARTS) is 1. The fourth-order valence-corrected chi connectivity index (χ4v) is 3.33. The van der Waals surface area contributed by atoms with Crippen LogP contribution < -0.4 is 5.32 Å². The summed E-state index contributed by atoms with van der Waals surface area (Å²) in [5, 5.41) is 12.3. The van der Waals surface area contributed by atoms with Crippen LogP contribution in [0.15, 0.2) is 24.5 Å². The number of nitrogens with one attached hydrogen (secondary N) is 1. The topological polar surface area (TPSA) is 99.6 Å². The van der Waals surface area contributed by atoms with Crippen LogP contribution in [0.25, 0.3) is 0 Å². The third-order valence-electron chi connectivity index (χ3n) is 4.88. The highest BCUT2D eigenvalue weighted by Crippen LogP contribution is 2.24. The van der Waals surface area contributed by atoms with Gasteiger partial charge in [-0.15, -0.1) is 0 Å². The fraction of sp³-hybridized carbons (Fsp3) is 0.600. The van der Waals surface area contributed by atoms with Crippen molar-refractivity contribution in [3.63, 3.8) is 0 Å². The summed E-state index contributed by atoms with van der Waals surface area (Å²) < 4.78 is 0. The van der Waals surface area contributed by atoms with Crippen LogP contribution in [-0.2, 0) is 20.9 Å². The second kappa shape index (κ2) is 10.0. The van der Waals surface area contributed by atoms with E-state index in [4.69, 9.17) is 0 Å². The zero-order valence-electron chi connectivity index (χ0n) is 16.1. The summed E-state index contributed by atoms with van der Waals surface area (Å²) in [5.74, 6) is -1.93. The van der Waals surface area contributed by atoms with Crippen molar-refractivity contribution < 1.29 is 19.5 Å². The highest BCUT2D eigenvalue weighted by Gasteiger charge is 2.36. The SMILES string of the molecule is CC(C)CCCC(=O)N1C[C@H](C(=O)O)C[C@H](C(=O)NCc2cccnc2)C1. The minimum Gasteiger partial charge on any atom is -0.481 e. The van der Waals surface area contributed by atoms with E-state index in [2.05, 4.69) is 24.1 Å². The minimum absolute atomic E-state index is 0.0633. The van der Waals surface area contributed by atoms with Crippen molar-refractivity contribution in [1.82, 2.24) is 15.2 Å². The Morgan fingerprint density at radius 1 is 1.30 bits per heavy atom. The van der Waals surface area contributed by atoms with Crippen LogP contribution in [-0.4, -0.2) is 45.9 Å². The van der Waals surface area contributed by atoms with Crippen LogP contribution in [0.1, 0.15) is 45.1 Å². The number of carbonyl (C=O) groups excluding carboxylic acids is 2. The Balaban J connectivity index is 1.94. The van der Waals surface area contributed by atoms with Gasteiger partial charge in [0.05, 0.1) is 11.8 Å². The van der Waals surface area contributed by atoms with Gasteiger partial charge in [-0.25, -0.2) is 0 Å². The molecule has 0 spiro atoms. The molecule has 2 heterocycles. The third-order valence-corrected chi connectivity index (χ3v) is 4.88. The van der Waals surface area contributed by atoms with Crippen LogP contribution in [0, 0.1) is 17.8 Å². The third kappa shape index (κ3) is 6.66. The van der Waals surface area contributed by atoms with Crippen LogP contribution in [0.5, 0.6) is 0 Å². The molecule has 1 aliphatic rings. The van der Waals surface area contributed by atoms with Crippen molar-refractivity contribution in [2.75, 3.05) is 13.1 Å². The van der Waals surface area contributed by atoms with Gasteiger partial charge >= 0.3 is 5.97 Å². The molecule has 7 heteroatoms. The summed E-state index contributed by atoms with van der Waals surface area (Å²) in [6.45, 7) is 5.01. The molecule has 0 aliphatic carbocycles. The van der Waals surface area contributed by atoms with Crippen LogP contribution in [0.2, 0.25) is 0 Å². The van der Waals surface area contributed by atoms with Crippen molar-refractivity contribution >= 4 is 17.8 Å². The van der Waals surface area contributed by atoms with E-state index >= 15 is 0 Å². The standard InChI is InChI=1S/C20H29N3O4/c1-14(2)5-3-7-18(24)23-12-16(9-17(13-23)20(26)27)19(25)22-11-15-6-4-8-21-10-15/h4,6,8,10,14,16-17H,3,5,7,9,11-13H2,1-2H3,(H,22,25)(H,26,27)/t16-,17+/m0/s1. The maximum absolute atomic E-state index is 12.5. The number of aromatic nitrogens is 1. The molecule has 2 amide bonds. The Bertz CT molecular complexity index is 648. The Morgan fingerprint density at radius 3 is 2.67 bits per heavy atom. The van der Waals surface area contributed by atoms with E-state index in [1.807, 2.05) is 6.07 Å². The molecule has 0 aromatic carbocycles. The van der Waals surface area contributed by atoms with Gasteiger partial charge in [0.15, 0.2) is 0 Å². The Hall–Kier alpha value is -2.44. The normalized spacial score (nSPS) is 19.7. The molecule has 1 fully saturated rings. The molecule has 0 unspecified atom stereocenters. The molecular formula is C20H29N3O4. The first-order valence-corrected chi connectivity index (χ1v) is 9.54. The molecule has 0 radical (unpaired) electrons. The Labute approximate surface area is 160 Å². The molecule has 2 rings (SSSR count). The predicted molar refractivity (Wildman–Crippen MR) is 101 cm³/mol. The molecule has 27 heavy (non-hydrogen) atoms. The molecule has 1 aromatic rings. The van der Waals surface area contributed by atoms with E-state index < -0.39 is 17.8 Å². The lowest BCUT2D eigenvalue weighted by Gasteiger charge is -2.35. The first kappa shape index (κ1) is 20.9. The average Bonchev–Trinajstić information content (AvgIpc) is 2.66. The summed E-state index contributed by atoms with van der Waals surface area (Å²) in [4.78, 5) is 42.1. The van der Waals surface area contributed by atoms with Gasteiger partial charge in [0.1, 0.15) is 0 Å². The van der Waals surface area contributed by atoms with Gasteiger partial charge in [0, 0.05) is 38.4 Å². The van der Waals surface area contributed by atoms with Crippen molar-refractivity contribution in [2.24, 2.45) is 17.8 Å². The highest BCUT2D eigenvalue weighted by molar-refractivity contribution is 5.83. The van der Waals surface area contributed by atoms with Crippen molar-refractivity contribution in [1.29, 1.82) is 0 Å². The average molecular weight is 375 g/mol. The lowest BCUT2D eigenvalue weighted by atomic mass is 9.88. The van der Waals surface area contributed by atoms with Crippen molar-refractivity contribution in [3.05, 3.63) is 30.1 Å². The maximum Gasteiger partial charge on any atom is 0.308 e. The molecular weight excluding hydrogens is 346 g/mol. The molecule has 1 aromatic heterocycles. The quantitative estimate of drug-likeness (QED) is 0.725. The van der Waals surface area contributed by atoms with Crippen LogP contribution >= 0.6 is 0 Å². The number of pyridine rings is 1. The van der Waals surface area contributed by atoms with Gasteiger partial charge in [0.2, 0.25) is 11.8 Å². The van der Waals surface area contributed by atoms with E-state index in [0.29, 0.717) is 18.9 Å². The van der Waals surface area contributed by atoms with E-state index in [-0.39, 0.29) is 31.3 Å². The van der Waals surface area contributed by atoms with E-state index in [9.17, 15) is 19.5 Å². The molecule has 2 N–H and O–H groups in total. The second-order valence-electron chi connectivity index (χ2n) is 7.63. The van der Waals surface area contributed by atoms with Gasteiger partial charge in [-0.05, 0) is 30.4 Å². The number of hydrogen-bond donors (Lipinski definition) is 2. The van der Waals surface area contributed by atoms with Crippen molar-refractivity contribution in [3.8, 4) is 0 Å². The number of piperidine rings is 1. The molecule has 148 valence electrons. The summed E-state index contributed by atoms with van der Waals surface area (Å²) in [6.07, 6.45) is 5.72. The second-order valence-corrected chi connectivity index (χ2v) is 7.63. The molecule has 0 bridgehead atoms. The van der Waals surface area contributed by atoms with E-state index in [1.54, 1.807) is 23.4 Å². The zero-order valence-corrected chi connectivity index (χ0v) is 16.1.